The number of hydrogen-bond acceptors (Lipinski definition) is 5. The Hall–Kier alpha value is -3.56. The van der Waals surface area contributed by atoms with Gasteiger partial charge in [0, 0.05) is 17.6 Å². The third kappa shape index (κ3) is 6.95. The Bertz CT molecular complexity index is 1430. The Kier molecular flexibility index (Phi) is 9.71. The minimum absolute atomic E-state index is 0.0297. The van der Waals surface area contributed by atoms with E-state index < -0.39 is 28.5 Å². The van der Waals surface area contributed by atoms with Gasteiger partial charge in [0.25, 0.3) is 10.0 Å². The second-order valence-electron chi connectivity index (χ2n) is 9.81. The molecule has 2 amide bonds. The zero-order valence-electron chi connectivity index (χ0n) is 22.6. The molecule has 0 aromatic heterocycles. The van der Waals surface area contributed by atoms with E-state index in [0.29, 0.717) is 10.8 Å². The van der Waals surface area contributed by atoms with Crippen molar-refractivity contribution >= 4 is 39.1 Å². The number of hydrogen-bond donors (Lipinski definition) is 1. The lowest BCUT2D eigenvalue weighted by Crippen LogP contribution is -2.52. The number of amides is 2. The van der Waals surface area contributed by atoms with E-state index >= 15 is 0 Å². The summed E-state index contributed by atoms with van der Waals surface area (Å²) in [4.78, 5) is 28.8. The summed E-state index contributed by atoms with van der Waals surface area (Å²) in [5.74, 6) is -0.528. The first-order valence-corrected chi connectivity index (χ1v) is 15.1. The van der Waals surface area contributed by atoms with E-state index in [1.165, 1.54) is 24.1 Å². The molecule has 1 N–H and O–H groups in total. The van der Waals surface area contributed by atoms with E-state index in [4.69, 9.17) is 16.3 Å². The molecule has 0 heterocycles. The molecule has 4 rings (SSSR count). The van der Waals surface area contributed by atoms with Gasteiger partial charge >= 0.3 is 0 Å². The van der Waals surface area contributed by atoms with Gasteiger partial charge in [0.1, 0.15) is 18.3 Å². The second kappa shape index (κ2) is 13.2. The van der Waals surface area contributed by atoms with E-state index in [2.05, 4.69) is 5.32 Å². The molecular weight excluding hydrogens is 550 g/mol. The second-order valence-corrected chi connectivity index (χ2v) is 12.1. The Morgan fingerprint density at radius 2 is 1.68 bits per heavy atom. The van der Waals surface area contributed by atoms with Crippen LogP contribution >= 0.6 is 11.6 Å². The van der Waals surface area contributed by atoms with Crippen molar-refractivity contribution in [3.63, 3.8) is 0 Å². The summed E-state index contributed by atoms with van der Waals surface area (Å²) >= 11 is 6.20. The summed E-state index contributed by atoms with van der Waals surface area (Å²) in [5, 5.41) is 3.56. The summed E-state index contributed by atoms with van der Waals surface area (Å²) < 4.78 is 34.3. The molecule has 0 aliphatic heterocycles. The molecule has 1 atom stereocenters. The molecule has 1 fully saturated rings. The summed E-state index contributed by atoms with van der Waals surface area (Å²) in [6.45, 7) is 1.19. The van der Waals surface area contributed by atoms with E-state index in [0.717, 1.165) is 35.6 Å². The van der Waals surface area contributed by atoms with Gasteiger partial charge in [-0.1, -0.05) is 66.9 Å². The first kappa shape index (κ1) is 29.4. The highest BCUT2D eigenvalue weighted by Gasteiger charge is 2.34. The molecule has 1 saturated carbocycles. The molecule has 0 saturated heterocycles. The molecule has 0 radical (unpaired) electrons. The fourth-order valence-electron chi connectivity index (χ4n) is 4.88. The lowest BCUT2D eigenvalue weighted by Gasteiger charge is -2.32. The van der Waals surface area contributed by atoms with E-state index in [-0.39, 0.29) is 29.1 Å². The highest BCUT2D eigenvalue weighted by atomic mass is 35.5. The number of carbonyl (C=O) groups excluding carboxylic acids is 2. The van der Waals surface area contributed by atoms with Crippen LogP contribution in [0.25, 0.3) is 0 Å². The smallest absolute Gasteiger partial charge is 0.264 e. The van der Waals surface area contributed by atoms with Crippen molar-refractivity contribution in [1.29, 1.82) is 0 Å². The van der Waals surface area contributed by atoms with Crippen LogP contribution in [0.1, 0.15) is 38.2 Å². The molecule has 1 aliphatic carbocycles. The topological polar surface area (TPSA) is 96.0 Å². The van der Waals surface area contributed by atoms with Gasteiger partial charge in [0.05, 0.1) is 17.7 Å². The Balaban J connectivity index is 1.70. The highest BCUT2D eigenvalue weighted by molar-refractivity contribution is 7.92. The minimum Gasteiger partial charge on any atom is -0.495 e. The number of ether oxygens (including phenoxy) is 1. The zero-order valence-corrected chi connectivity index (χ0v) is 24.2. The number of carbonyl (C=O) groups is 2. The van der Waals surface area contributed by atoms with Gasteiger partial charge in [-0.15, -0.1) is 0 Å². The van der Waals surface area contributed by atoms with E-state index in [9.17, 15) is 18.0 Å². The SMILES string of the molecule is COc1ccccc1N(CC(=O)N(Cc1cccc(Cl)c1)C(C)C(=O)NC1CCCC1)S(=O)(=O)c1ccccc1. The number of nitrogens with zero attached hydrogens (tertiary/aromatic N) is 2. The molecule has 1 aliphatic rings. The number of rotatable bonds is 11. The van der Waals surface area contributed by atoms with Crippen LogP contribution in [0.5, 0.6) is 5.75 Å². The van der Waals surface area contributed by atoms with Crippen LogP contribution < -0.4 is 14.4 Å². The predicted octanol–water partition coefficient (Wildman–Crippen LogP) is 5.02. The molecule has 3 aromatic carbocycles. The lowest BCUT2D eigenvalue weighted by atomic mass is 10.1. The maximum absolute atomic E-state index is 14.0. The van der Waals surface area contributed by atoms with E-state index in [1.807, 2.05) is 6.07 Å². The van der Waals surface area contributed by atoms with Crippen LogP contribution in [0.4, 0.5) is 5.69 Å². The average molecular weight is 584 g/mol. The third-order valence-electron chi connectivity index (χ3n) is 7.07. The Morgan fingerprint density at radius 3 is 2.35 bits per heavy atom. The Morgan fingerprint density at radius 1 is 1.00 bits per heavy atom. The molecule has 3 aromatic rings. The number of halogens is 1. The van der Waals surface area contributed by atoms with Crippen LogP contribution in [-0.4, -0.2) is 50.9 Å². The molecular formula is C30H34ClN3O5S. The summed E-state index contributed by atoms with van der Waals surface area (Å²) in [5.41, 5.74) is 0.934. The van der Waals surface area contributed by atoms with Gasteiger partial charge in [0.15, 0.2) is 0 Å². The number of sulfonamides is 1. The normalized spacial score (nSPS) is 14.4. The van der Waals surface area contributed by atoms with Gasteiger partial charge in [-0.2, -0.15) is 0 Å². The van der Waals surface area contributed by atoms with Gasteiger partial charge in [-0.05, 0) is 61.7 Å². The highest BCUT2D eigenvalue weighted by Crippen LogP contribution is 2.32. The monoisotopic (exact) mass is 583 g/mol. The summed E-state index contributed by atoms with van der Waals surface area (Å²) in [6.07, 6.45) is 3.90. The van der Waals surface area contributed by atoms with Gasteiger partial charge in [0.2, 0.25) is 11.8 Å². The van der Waals surface area contributed by atoms with Crippen LogP contribution in [0.2, 0.25) is 5.02 Å². The number of para-hydroxylation sites is 2. The van der Waals surface area contributed by atoms with Crippen molar-refractivity contribution in [3.05, 3.63) is 89.4 Å². The zero-order chi connectivity index (χ0) is 28.7. The largest absolute Gasteiger partial charge is 0.495 e. The average Bonchev–Trinajstić information content (AvgIpc) is 3.47. The van der Waals surface area contributed by atoms with Gasteiger partial charge in [-0.25, -0.2) is 8.42 Å². The summed E-state index contributed by atoms with van der Waals surface area (Å²) in [7, 11) is -2.74. The summed E-state index contributed by atoms with van der Waals surface area (Å²) in [6, 6.07) is 20.8. The molecule has 40 heavy (non-hydrogen) atoms. The number of benzene rings is 3. The van der Waals surface area contributed by atoms with Crippen molar-refractivity contribution in [2.45, 2.75) is 56.1 Å². The van der Waals surface area contributed by atoms with Crippen molar-refractivity contribution < 1.29 is 22.7 Å². The number of methoxy groups -OCH3 is 1. The van der Waals surface area contributed by atoms with Crippen LogP contribution in [0.3, 0.4) is 0 Å². The first-order valence-electron chi connectivity index (χ1n) is 13.3. The molecule has 1 unspecified atom stereocenters. The molecule has 212 valence electrons. The van der Waals surface area contributed by atoms with Crippen molar-refractivity contribution in [2.24, 2.45) is 0 Å². The number of nitrogens with one attached hydrogen (secondary N) is 1. The molecule has 0 bridgehead atoms. The fourth-order valence-corrected chi connectivity index (χ4v) is 6.53. The maximum Gasteiger partial charge on any atom is 0.264 e. The van der Waals surface area contributed by atoms with Crippen molar-refractivity contribution in [2.75, 3.05) is 18.0 Å². The van der Waals surface area contributed by atoms with Crippen LogP contribution in [-0.2, 0) is 26.2 Å². The van der Waals surface area contributed by atoms with Gasteiger partial charge < -0.3 is 15.0 Å². The third-order valence-corrected chi connectivity index (χ3v) is 9.08. The minimum atomic E-state index is -4.18. The van der Waals surface area contributed by atoms with Crippen LogP contribution in [0.15, 0.2) is 83.8 Å². The van der Waals surface area contributed by atoms with Gasteiger partial charge in [-0.3, -0.25) is 13.9 Å². The first-order chi connectivity index (χ1) is 19.2. The maximum atomic E-state index is 14.0. The molecule has 8 nitrogen and oxygen atoms in total. The predicted molar refractivity (Wildman–Crippen MR) is 156 cm³/mol. The quantitative estimate of drug-likeness (QED) is 0.342. The lowest BCUT2D eigenvalue weighted by molar-refractivity contribution is -0.139. The van der Waals surface area contributed by atoms with E-state index in [1.54, 1.807) is 67.6 Å². The standard InChI is InChI=1S/C30H34ClN3O5S/c1-22(30(36)32-25-13-6-7-14-25)33(20-23-11-10-12-24(31)19-23)29(35)21-34(27-17-8-9-18-28(27)39-2)40(37,38)26-15-4-3-5-16-26/h3-5,8-12,15-19,22,25H,6-7,13-14,20-21H2,1-2H3,(H,32,36). The fraction of sp³-hybridized carbons (Fsp3) is 0.333. The Labute approximate surface area is 240 Å². The molecule has 0 spiro atoms. The van der Waals surface area contributed by atoms with Crippen molar-refractivity contribution in [3.8, 4) is 5.75 Å². The molecule has 10 heteroatoms. The van der Waals surface area contributed by atoms with Crippen molar-refractivity contribution in [1.82, 2.24) is 10.2 Å². The number of anilines is 1. The van der Waals surface area contributed by atoms with Crippen LogP contribution in [0, 0.1) is 0 Å².